The number of ether oxygens (including phenoxy) is 1. The van der Waals surface area contributed by atoms with Gasteiger partial charge in [-0.15, -0.1) is 11.8 Å². The van der Waals surface area contributed by atoms with Gasteiger partial charge in [0.25, 0.3) is 0 Å². The summed E-state index contributed by atoms with van der Waals surface area (Å²) in [5.74, 6) is 0.425. The van der Waals surface area contributed by atoms with Crippen LogP contribution in [-0.2, 0) is 9.53 Å². The van der Waals surface area contributed by atoms with Gasteiger partial charge in [0.1, 0.15) is 0 Å². The highest BCUT2D eigenvalue weighted by molar-refractivity contribution is 8.00. The van der Waals surface area contributed by atoms with Gasteiger partial charge < -0.3 is 15.8 Å². The Morgan fingerprint density at radius 3 is 2.94 bits per heavy atom. The molecule has 1 aromatic rings. The van der Waals surface area contributed by atoms with Crippen molar-refractivity contribution in [3.63, 3.8) is 0 Å². The number of nitrogens with two attached hydrogens (primary N) is 1. The highest BCUT2D eigenvalue weighted by Gasteiger charge is 2.03. The molecule has 0 fully saturated rings. The summed E-state index contributed by atoms with van der Waals surface area (Å²) in [4.78, 5) is 12.5. The lowest BCUT2D eigenvalue weighted by Crippen LogP contribution is -2.28. The van der Waals surface area contributed by atoms with Crippen LogP contribution in [0.4, 0.5) is 5.69 Å². The zero-order valence-electron chi connectivity index (χ0n) is 10.2. The second kappa shape index (κ2) is 7.19. The summed E-state index contributed by atoms with van der Waals surface area (Å²) >= 11 is 1.50. The normalized spacial score (nSPS) is 10.2. The first-order valence-electron chi connectivity index (χ1n) is 5.38. The largest absolute Gasteiger partial charge is 0.399 e. The molecule has 1 amide bonds. The first kappa shape index (κ1) is 13.9. The Morgan fingerprint density at radius 2 is 2.29 bits per heavy atom. The fourth-order valence-electron chi connectivity index (χ4n) is 1.23. The summed E-state index contributed by atoms with van der Waals surface area (Å²) in [5, 5.41) is 2.77. The fraction of sp³-hybridized carbons (Fsp3) is 0.417. The van der Waals surface area contributed by atoms with E-state index in [1.807, 2.05) is 25.1 Å². The van der Waals surface area contributed by atoms with Crippen LogP contribution in [0.5, 0.6) is 0 Å². The maximum Gasteiger partial charge on any atom is 0.230 e. The fourth-order valence-corrected chi connectivity index (χ4v) is 2.05. The van der Waals surface area contributed by atoms with E-state index >= 15 is 0 Å². The number of amides is 1. The summed E-state index contributed by atoms with van der Waals surface area (Å²) in [7, 11) is 1.61. The SMILES string of the molecule is COCCNC(=O)CSc1ccc(N)c(C)c1. The van der Waals surface area contributed by atoms with Crippen LogP contribution in [0.25, 0.3) is 0 Å². The van der Waals surface area contributed by atoms with E-state index in [1.165, 1.54) is 11.8 Å². The van der Waals surface area contributed by atoms with Crippen LogP contribution in [0.1, 0.15) is 5.56 Å². The van der Waals surface area contributed by atoms with Crippen molar-refractivity contribution < 1.29 is 9.53 Å². The van der Waals surface area contributed by atoms with Gasteiger partial charge in [-0.3, -0.25) is 4.79 Å². The zero-order valence-corrected chi connectivity index (χ0v) is 11.0. The van der Waals surface area contributed by atoms with Crippen molar-refractivity contribution in [3.05, 3.63) is 23.8 Å². The number of carbonyl (C=O) groups is 1. The molecule has 3 N–H and O–H groups in total. The molecule has 94 valence electrons. The average Bonchev–Trinajstić information content (AvgIpc) is 2.31. The van der Waals surface area contributed by atoms with E-state index < -0.39 is 0 Å². The van der Waals surface area contributed by atoms with Crippen LogP contribution >= 0.6 is 11.8 Å². The number of nitrogen functional groups attached to an aromatic ring is 1. The monoisotopic (exact) mass is 254 g/mol. The quantitative estimate of drug-likeness (QED) is 0.458. The second-order valence-electron chi connectivity index (χ2n) is 3.65. The standard InChI is InChI=1S/C12H18N2O2S/c1-9-7-10(3-4-11(9)13)17-8-12(15)14-5-6-16-2/h3-4,7H,5-6,8,13H2,1-2H3,(H,14,15). The number of nitrogens with one attached hydrogen (secondary N) is 1. The van der Waals surface area contributed by atoms with E-state index in [4.69, 9.17) is 10.5 Å². The lowest BCUT2D eigenvalue weighted by atomic mass is 10.2. The van der Waals surface area contributed by atoms with Gasteiger partial charge in [0.05, 0.1) is 12.4 Å². The highest BCUT2D eigenvalue weighted by Crippen LogP contribution is 2.21. The number of thioether (sulfide) groups is 1. The lowest BCUT2D eigenvalue weighted by molar-refractivity contribution is -0.118. The topological polar surface area (TPSA) is 64.3 Å². The molecule has 1 aromatic carbocycles. The lowest BCUT2D eigenvalue weighted by Gasteiger charge is -2.06. The van der Waals surface area contributed by atoms with Crippen LogP contribution in [0.3, 0.4) is 0 Å². The average molecular weight is 254 g/mol. The first-order valence-corrected chi connectivity index (χ1v) is 6.36. The zero-order chi connectivity index (χ0) is 12.7. The third-order valence-electron chi connectivity index (χ3n) is 2.24. The third-order valence-corrected chi connectivity index (χ3v) is 3.23. The predicted octanol–water partition coefficient (Wildman–Crippen LogP) is 1.43. The number of carbonyl (C=O) groups excluding carboxylic acids is 1. The van der Waals surface area contributed by atoms with Crippen LogP contribution < -0.4 is 11.1 Å². The molecule has 0 atom stereocenters. The van der Waals surface area contributed by atoms with E-state index in [1.54, 1.807) is 7.11 Å². The molecule has 0 saturated carbocycles. The Bertz CT molecular complexity index is 383. The number of hydrogen-bond acceptors (Lipinski definition) is 4. The number of anilines is 1. The minimum atomic E-state index is 0.0153. The van der Waals surface area contributed by atoms with Crippen molar-refractivity contribution in [3.8, 4) is 0 Å². The van der Waals surface area contributed by atoms with Crippen molar-refractivity contribution in [2.24, 2.45) is 0 Å². The molecular formula is C12H18N2O2S. The van der Waals surface area contributed by atoms with Crippen LogP contribution in [-0.4, -0.2) is 31.9 Å². The van der Waals surface area contributed by atoms with Crippen LogP contribution in [0.15, 0.2) is 23.1 Å². The molecule has 0 saturated heterocycles. The second-order valence-corrected chi connectivity index (χ2v) is 4.70. The molecule has 0 aliphatic carbocycles. The van der Waals surface area contributed by atoms with Crippen molar-refractivity contribution in [1.29, 1.82) is 0 Å². The van der Waals surface area contributed by atoms with Crippen molar-refractivity contribution in [1.82, 2.24) is 5.32 Å². The summed E-state index contributed by atoms with van der Waals surface area (Å²) in [5.41, 5.74) is 7.54. The smallest absolute Gasteiger partial charge is 0.230 e. The number of aryl methyl sites for hydroxylation is 1. The maximum atomic E-state index is 11.4. The molecular weight excluding hydrogens is 236 g/mol. The Balaban J connectivity index is 2.34. The predicted molar refractivity (Wildman–Crippen MR) is 71.2 cm³/mol. The van der Waals surface area contributed by atoms with Gasteiger partial charge >= 0.3 is 0 Å². The molecule has 0 unspecified atom stereocenters. The minimum absolute atomic E-state index is 0.0153. The summed E-state index contributed by atoms with van der Waals surface area (Å²) < 4.78 is 4.85. The van der Waals surface area contributed by atoms with Gasteiger partial charge in [0, 0.05) is 24.2 Å². The third kappa shape index (κ3) is 5.10. The first-order chi connectivity index (χ1) is 8.13. The minimum Gasteiger partial charge on any atom is -0.399 e. The van der Waals surface area contributed by atoms with Crippen molar-refractivity contribution in [2.75, 3.05) is 31.7 Å². The molecule has 0 radical (unpaired) electrons. The summed E-state index contributed by atoms with van der Waals surface area (Å²) in [6, 6.07) is 5.78. The number of rotatable bonds is 6. The van der Waals surface area contributed by atoms with E-state index in [9.17, 15) is 4.79 Å². The van der Waals surface area contributed by atoms with Gasteiger partial charge in [0.2, 0.25) is 5.91 Å². The van der Waals surface area contributed by atoms with Crippen LogP contribution in [0.2, 0.25) is 0 Å². The Kier molecular flexibility index (Phi) is 5.86. The van der Waals surface area contributed by atoms with Crippen LogP contribution in [0, 0.1) is 6.92 Å². The van der Waals surface area contributed by atoms with E-state index in [2.05, 4.69) is 5.32 Å². The number of methoxy groups -OCH3 is 1. The van der Waals surface area contributed by atoms with Gasteiger partial charge in [-0.2, -0.15) is 0 Å². The van der Waals surface area contributed by atoms with E-state index in [0.717, 1.165) is 16.1 Å². The van der Waals surface area contributed by atoms with Gasteiger partial charge in [-0.25, -0.2) is 0 Å². The molecule has 0 heterocycles. The molecule has 0 aromatic heterocycles. The van der Waals surface area contributed by atoms with E-state index in [0.29, 0.717) is 18.9 Å². The molecule has 0 spiro atoms. The van der Waals surface area contributed by atoms with Crippen molar-refractivity contribution >= 4 is 23.4 Å². The Labute approximate surface area is 106 Å². The maximum absolute atomic E-state index is 11.4. The number of hydrogen-bond donors (Lipinski definition) is 2. The summed E-state index contributed by atoms with van der Waals surface area (Å²) in [6.45, 7) is 3.05. The Morgan fingerprint density at radius 1 is 1.53 bits per heavy atom. The van der Waals surface area contributed by atoms with E-state index in [-0.39, 0.29) is 5.91 Å². The molecule has 1 rings (SSSR count). The molecule has 4 nitrogen and oxygen atoms in total. The van der Waals surface area contributed by atoms with Crippen molar-refractivity contribution in [2.45, 2.75) is 11.8 Å². The van der Waals surface area contributed by atoms with Gasteiger partial charge in [-0.05, 0) is 30.7 Å². The molecule has 5 heteroatoms. The van der Waals surface area contributed by atoms with Gasteiger partial charge in [-0.1, -0.05) is 0 Å². The highest BCUT2D eigenvalue weighted by atomic mass is 32.2. The summed E-state index contributed by atoms with van der Waals surface area (Å²) in [6.07, 6.45) is 0. The number of benzene rings is 1. The molecule has 17 heavy (non-hydrogen) atoms. The molecule has 0 aliphatic heterocycles. The molecule has 0 bridgehead atoms. The Hall–Kier alpha value is -1.20. The van der Waals surface area contributed by atoms with Gasteiger partial charge in [0.15, 0.2) is 0 Å². The molecule has 0 aliphatic rings.